The molecule has 1 aliphatic heterocycles. The highest BCUT2D eigenvalue weighted by molar-refractivity contribution is 5.77. The summed E-state index contributed by atoms with van der Waals surface area (Å²) >= 11 is 0. The Bertz CT molecular complexity index is 452. The van der Waals surface area contributed by atoms with E-state index in [0.29, 0.717) is 32.4 Å². The van der Waals surface area contributed by atoms with Crippen molar-refractivity contribution < 1.29 is 14.6 Å². The highest BCUT2D eigenvalue weighted by atomic mass is 16.5. The average molecular weight is 263 g/mol. The summed E-state index contributed by atoms with van der Waals surface area (Å²) in [5.74, 6) is 0.926. The third-order valence-corrected chi connectivity index (χ3v) is 3.74. The molecule has 0 unspecified atom stereocenters. The van der Waals surface area contributed by atoms with Crippen LogP contribution in [0.1, 0.15) is 25.3 Å². The summed E-state index contributed by atoms with van der Waals surface area (Å²) in [6.45, 7) is 2.89. The Morgan fingerprint density at radius 1 is 1.47 bits per heavy atom. The molecule has 1 aromatic rings. The lowest BCUT2D eigenvalue weighted by atomic mass is 9.91. The number of rotatable bonds is 5. The fraction of sp³-hybridized carbons (Fsp3) is 0.533. The fourth-order valence-electron chi connectivity index (χ4n) is 2.30. The Labute approximate surface area is 114 Å². The van der Waals surface area contributed by atoms with E-state index in [0.717, 1.165) is 11.3 Å². The van der Waals surface area contributed by atoms with E-state index in [1.807, 2.05) is 31.2 Å². The van der Waals surface area contributed by atoms with Gasteiger partial charge in [-0.3, -0.25) is 4.79 Å². The number of nitrogens with zero attached hydrogens (tertiary/aromatic N) is 1. The van der Waals surface area contributed by atoms with Crippen LogP contribution >= 0.6 is 0 Å². The lowest BCUT2D eigenvalue weighted by Crippen LogP contribution is -2.63. The number of hydrogen-bond donors (Lipinski definition) is 1. The standard InChI is InChI=1S/C15H21NO3/c1-3-15(18)10-16(11-15)14(17)8-7-12-5-4-6-13(9-12)19-2/h4-6,9,18H,3,7-8,10-11H2,1-2H3. The number of aliphatic hydroxyl groups is 1. The summed E-state index contributed by atoms with van der Waals surface area (Å²) in [4.78, 5) is 13.7. The lowest BCUT2D eigenvalue weighted by Gasteiger charge is -2.46. The second-order valence-corrected chi connectivity index (χ2v) is 5.18. The van der Waals surface area contributed by atoms with Gasteiger partial charge in [0.05, 0.1) is 25.8 Å². The predicted molar refractivity (Wildman–Crippen MR) is 73.1 cm³/mol. The molecular weight excluding hydrogens is 242 g/mol. The normalized spacial score (nSPS) is 16.9. The molecule has 19 heavy (non-hydrogen) atoms. The minimum Gasteiger partial charge on any atom is -0.497 e. The van der Waals surface area contributed by atoms with Crippen LogP contribution < -0.4 is 4.74 Å². The number of hydrogen-bond acceptors (Lipinski definition) is 3. The van der Waals surface area contributed by atoms with Crippen LogP contribution in [0.15, 0.2) is 24.3 Å². The van der Waals surface area contributed by atoms with Gasteiger partial charge in [0.15, 0.2) is 0 Å². The first-order valence-corrected chi connectivity index (χ1v) is 6.69. The van der Waals surface area contributed by atoms with Crippen LogP contribution in [-0.2, 0) is 11.2 Å². The van der Waals surface area contributed by atoms with Crippen molar-refractivity contribution >= 4 is 5.91 Å². The SMILES string of the molecule is CCC1(O)CN(C(=O)CCc2cccc(OC)c2)C1. The number of methoxy groups -OCH3 is 1. The molecule has 1 amide bonds. The van der Waals surface area contributed by atoms with Crippen LogP contribution in [-0.4, -0.2) is 41.7 Å². The number of aryl methyl sites for hydroxylation is 1. The van der Waals surface area contributed by atoms with Crippen LogP contribution in [0, 0.1) is 0 Å². The van der Waals surface area contributed by atoms with Crippen molar-refractivity contribution in [3.63, 3.8) is 0 Å². The van der Waals surface area contributed by atoms with Crippen LogP contribution in [0.2, 0.25) is 0 Å². The number of β-amino-alcohol motifs (C(OH)–C–C–N with tert-alkyl or cyclic N) is 1. The van der Waals surface area contributed by atoms with Crippen molar-refractivity contribution in [3.05, 3.63) is 29.8 Å². The monoisotopic (exact) mass is 263 g/mol. The molecule has 1 aromatic carbocycles. The molecule has 0 aromatic heterocycles. The van der Waals surface area contributed by atoms with Gasteiger partial charge in [0, 0.05) is 6.42 Å². The molecule has 0 radical (unpaired) electrons. The molecule has 1 N–H and O–H groups in total. The number of carbonyl (C=O) groups is 1. The van der Waals surface area contributed by atoms with Gasteiger partial charge in [0.2, 0.25) is 5.91 Å². The molecule has 2 rings (SSSR count). The lowest BCUT2D eigenvalue weighted by molar-refractivity contribution is -0.155. The maximum absolute atomic E-state index is 11.9. The second-order valence-electron chi connectivity index (χ2n) is 5.18. The van der Waals surface area contributed by atoms with Crippen molar-refractivity contribution in [2.45, 2.75) is 31.8 Å². The van der Waals surface area contributed by atoms with Gasteiger partial charge in [0.25, 0.3) is 0 Å². The first-order valence-electron chi connectivity index (χ1n) is 6.69. The summed E-state index contributed by atoms with van der Waals surface area (Å²) in [5, 5.41) is 9.88. The number of ether oxygens (including phenoxy) is 1. The molecular formula is C15H21NO3. The Balaban J connectivity index is 1.81. The summed E-state index contributed by atoms with van der Waals surface area (Å²) in [6, 6.07) is 7.76. The molecule has 1 fully saturated rings. The van der Waals surface area contributed by atoms with Crippen LogP contribution in [0.25, 0.3) is 0 Å². The maximum atomic E-state index is 11.9. The Kier molecular flexibility index (Phi) is 4.10. The Morgan fingerprint density at radius 3 is 2.84 bits per heavy atom. The van der Waals surface area contributed by atoms with Crippen LogP contribution in [0.3, 0.4) is 0 Å². The van der Waals surface area contributed by atoms with Gasteiger partial charge in [0.1, 0.15) is 5.75 Å². The smallest absolute Gasteiger partial charge is 0.223 e. The molecule has 1 saturated heterocycles. The van der Waals surface area contributed by atoms with Crippen molar-refractivity contribution in [1.82, 2.24) is 4.90 Å². The summed E-state index contributed by atoms with van der Waals surface area (Å²) < 4.78 is 5.15. The largest absolute Gasteiger partial charge is 0.497 e. The molecule has 0 atom stereocenters. The molecule has 0 bridgehead atoms. The van der Waals surface area contributed by atoms with Crippen molar-refractivity contribution in [1.29, 1.82) is 0 Å². The first kappa shape index (κ1) is 13.9. The van der Waals surface area contributed by atoms with Gasteiger partial charge in [-0.1, -0.05) is 19.1 Å². The Hall–Kier alpha value is -1.55. The third kappa shape index (κ3) is 3.26. The van der Waals surface area contributed by atoms with Crippen molar-refractivity contribution in [2.75, 3.05) is 20.2 Å². The molecule has 104 valence electrons. The number of benzene rings is 1. The zero-order chi connectivity index (χ0) is 13.9. The molecule has 1 aliphatic rings. The van der Waals surface area contributed by atoms with E-state index >= 15 is 0 Å². The quantitative estimate of drug-likeness (QED) is 0.878. The third-order valence-electron chi connectivity index (χ3n) is 3.74. The fourth-order valence-corrected chi connectivity index (χ4v) is 2.30. The molecule has 4 heteroatoms. The second kappa shape index (κ2) is 5.61. The van der Waals surface area contributed by atoms with Crippen molar-refractivity contribution in [3.8, 4) is 5.75 Å². The van der Waals surface area contributed by atoms with Gasteiger partial charge in [-0.15, -0.1) is 0 Å². The van der Waals surface area contributed by atoms with Gasteiger partial charge in [-0.25, -0.2) is 0 Å². The van der Waals surface area contributed by atoms with E-state index in [1.165, 1.54) is 0 Å². The maximum Gasteiger partial charge on any atom is 0.223 e. The summed E-state index contributed by atoms with van der Waals surface area (Å²) in [5.41, 5.74) is 0.449. The van der Waals surface area contributed by atoms with E-state index < -0.39 is 5.60 Å². The van der Waals surface area contributed by atoms with Crippen LogP contribution in [0.5, 0.6) is 5.75 Å². The molecule has 1 heterocycles. The van der Waals surface area contributed by atoms with Gasteiger partial charge >= 0.3 is 0 Å². The summed E-state index contributed by atoms with van der Waals surface area (Å²) in [7, 11) is 1.63. The Morgan fingerprint density at radius 2 is 2.21 bits per heavy atom. The zero-order valence-corrected chi connectivity index (χ0v) is 11.6. The van der Waals surface area contributed by atoms with E-state index in [4.69, 9.17) is 4.74 Å². The minimum atomic E-state index is -0.647. The number of amides is 1. The average Bonchev–Trinajstić information content (AvgIpc) is 2.41. The van der Waals surface area contributed by atoms with Gasteiger partial charge < -0.3 is 14.7 Å². The first-order chi connectivity index (χ1) is 9.06. The zero-order valence-electron chi connectivity index (χ0n) is 11.6. The molecule has 4 nitrogen and oxygen atoms in total. The van der Waals surface area contributed by atoms with E-state index in [9.17, 15) is 9.90 Å². The van der Waals surface area contributed by atoms with Crippen LogP contribution in [0.4, 0.5) is 0 Å². The number of likely N-dealkylation sites (tertiary alicyclic amines) is 1. The van der Waals surface area contributed by atoms with E-state index in [-0.39, 0.29) is 5.91 Å². The minimum absolute atomic E-state index is 0.112. The van der Waals surface area contributed by atoms with E-state index in [1.54, 1.807) is 12.0 Å². The van der Waals surface area contributed by atoms with Gasteiger partial charge in [-0.2, -0.15) is 0 Å². The molecule has 0 saturated carbocycles. The van der Waals surface area contributed by atoms with E-state index in [2.05, 4.69) is 0 Å². The van der Waals surface area contributed by atoms with Gasteiger partial charge in [-0.05, 0) is 30.5 Å². The molecule has 0 aliphatic carbocycles. The predicted octanol–water partition coefficient (Wildman–Crippen LogP) is 1.61. The highest BCUT2D eigenvalue weighted by Gasteiger charge is 2.41. The highest BCUT2D eigenvalue weighted by Crippen LogP contribution is 2.25. The number of carbonyl (C=O) groups excluding carboxylic acids is 1. The molecule has 0 spiro atoms. The van der Waals surface area contributed by atoms with Crippen molar-refractivity contribution in [2.24, 2.45) is 0 Å². The summed E-state index contributed by atoms with van der Waals surface area (Å²) in [6.07, 6.45) is 1.89. The topological polar surface area (TPSA) is 49.8 Å².